The molecule has 0 spiro atoms. The van der Waals surface area contributed by atoms with Gasteiger partial charge in [-0.1, -0.05) is 0 Å². The summed E-state index contributed by atoms with van der Waals surface area (Å²) in [6.07, 6.45) is 1.97. The van der Waals surface area contributed by atoms with Crippen LogP contribution < -0.4 is 0 Å². The molecule has 5 aromatic rings. The topological polar surface area (TPSA) is 9.23 Å². The minimum atomic E-state index is -2.70. The Morgan fingerprint density at radius 3 is 2.08 bits per heavy atom. The summed E-state index contributed by atoms with van der Waals surface area (Å²) in [5.41, 5.74) is 8.46. The molecule has 6 rings (SSSR count). The molecule has 4 heteroatoms. The molecule has 36 heavy (non-hydrogen) atoms. The summed E-state index contributed by atoms with van der Waals surface area (Å²) in [4.78, 5) is 0. The Bertz CT molecular complexity index is 1550. The Hall–Kier alpha value is -2.65. The van der Waals surface area contributed by atoms with Crippen molar-refractivity contribution < 1.29 is 19.5 Å². The third-order valence-electron chi connectivity index (χ3n) is 6.92. The molecule has 0 N–H and O–H groups in total. The van der Waals surface area contributed by atoms with E-state index in [0.717, 1.165) is 16.5 Å². The molecule has 0 aliphatic heterocycles. The van der Waals surface area contributed by atoms with Crippen LogP contribution in [0.5, 0.6) is 0 Å². The maximum absolute atomic E-state index is 6.44. The van der Waals surface area contributed by atoms with Gasteiger partial charge >= 0.3 is 227 Å². The molecule has 2 unspecified atom stereocenters. The van der Waals surface area contributed by atoms with E-state index in [-0.39, 0.29) is 12.0 Å². The van der Waals surface area contributed by atoms with Gasteiger partial charge in [0.2, 0.25) is 0 Å². The first kappa shape index (κ1) is 23.7. The number of rotatable bonds is 6. The summed E-state index contributed by atoms with van der Waals surface area (Å²) in [5.74, 6) is 0.0621. The van der Waals surface area contributed by atoms with Crippen molar-refractivity contribution in [3.63, 3.8) is 0 Å². The average molecular weight is 542 g/mol. The summed E-state index contributed by atoms with van der Waals surface area (Å²) >= 11 is -2.70. The zero-order valence-corrected chi connectivity index (χ0v) is 22.5. The molecule has 0 radical (unpaired) electrons. The van der Waals surface area contributed by atoms with Gasteiger partial charge in [0.25, 0.3) is 0 Å². The van der Waals surface area contributed by atoms with Crippen LogP contribution >= 0.6 is 18.6 Å². The minimum absolute atomic E-state index is 0.0621. The van der Waals surface area contributed by atoms with Gasteiger partial charge in [-0.3, -0.25) is 0 Å². The fourth-order valence-electron chi connectivity index (χ4n) is 5.41. The van der Waals surface area contributed by atoms with Gasteiger partial charge in [-0.2, -0.15) is 0 Å². The van der Waals surface area contributed by atoms with Crippen LogP contribution in [0.15, 0.2) is 121 Å². The van der Waals surface area contributed by atoms with Gasteiger partial charge < -0.3 is 0 Å². The second-order valence-corrected chi connectivity index (χ2v) is 13.7. The maximum atomic E-state index is 6.44. The molecule has 1 aliphatic carbocycles. The van der Waals surface area contributed by atoms with Crippen molar-refractivity contribution in [2.75, 3.05) is 0 Å². The number of halogens is 2. The molecule has 1 nitrogen and oxygen atoms in total. The first-order chi connectivity index (χ1) is 17.7. The first-order valence-electron chi connectivity index (χ1n) is 12.0. The third-order valence-corrected chi connectivity index (χ3v) is 8.30. The van der Waals surface area contributed by atoms with Crippen molar-refractivity contribution in [3.05, 3.63) is 155 Å². The predicted molar refractivity (Wildman–Crippen MR) is 148 cm³/mol. The molecule has 0 saturated carbocycles. The zero-order valence-electron chi connectivity index (χ0n) is 19.4. The second kappa shape index (κ2) is 10.4. The molecular formula is C32H23Cl2OTi. The van der Waals surface area contributed by atoms with Crippen LogP contribution in [0.2, 0.25) is 0 Å². The van der Waals surface area contributed by atoms with Gasteiger partial charge in [-0.05, 0) is 0 Å². The van der Waals surface area contributed by atoms with Crippen LogP contribution in [-0.4, -0.2) is 0 Å². The number of hydrogen-bond donors (Lipinski definition) is 0. The SMILES string of the molecule is [Cl][Ti]([Cl])[O]C(c1ccccc1)c1c(C2C(c3ccccc3)=Cc3ccccc32)ccc2ccccc12. The van der Waals surface area contributed by atoms with Crippen LogP contribution in [0.1, 0.15) is 45.4 Å². The van der Waals surface area contributed by atoms with Gasteiger partial charge in [-0.25, -0.2) is 0 Å². The predicted octanol–water partition coefficient (Wildman–Crippen LogP) is 9.47. The summed E-state index contributed by atoms with van der Waals surface area (Å²) in [6, 6.07) is 42.6. The fraction of sp³-hybridized carbons (Fsp3) is 0.0625. The molecule has 0 aromatic heterocycles. The number of allylic oxidation sites excluding steroid dienone is 1. The Balaban J connectivity index is 1.65. The van der Waals surface area contributed by atoms with E-state index in [1.165, 1.54) is 33.2 Å². The van der Waals surface area contributed by atoms with Crippen LogP contribution in [-0.2, 0) is 19.5 Å². The number of benzene rings is 5. The van der Waals surface area contributed by atoms with Crippen LogP contribution in [0, 0.1) is 0 Å². The van der Waals surface area contributed by atoms with E-state index in [9.17, 15) is 0 Å². The third kappa shape index (κ3) is 4.47. The summed E-state index contributed by atoms with van der Waals surface area (Å²) in [6.45, 7) is 0. The molecular weight excluding hydrogens is 519 g/mol. The van der Waals surface area contributed by atoms with E-state index in [2.05, 4.69) is 109 Å². The molecule has 0 saturated heterocycles. The van der Waals surface area contributed by atoms with Crippen molar-refractivity contribution in [3.8, 4) is 0 Å². The second-order valence-electron chi connectivity index (χ2n) is 8.95. The Labute approximate surface area is 226 Å². The Kier molecular flexibility index (Phi) is 6.84. The van der Waals surface area contributed by atoms with E-state index in [1.807, 2.05) is 18.2 Å². The van der Waals surface area contributed by atoms with Crippen molar-refractivity contribution in [2.24, 2.45) is 0 Å². The Morgan fingerprint density at radius 2 is 1.31 bits per heavy atom. The van der Waals surface area contributed by atoms with E-state index in [4.69, 9.17) is 21.9 Å². The van der Waals surface area contributed by atoms with E-state index in [1.54, 1.807) is 0 Å². The quantitative estimate of drug-likeness (QED) is 0.194. The van der Waals surface area contributed by atoms with Crippen LogP contribution in [0.4, 0.5) is 0 Å². The fourth-order valence-corrected chi connectivity index (χ4v) is 6.82. The first-order valence-corrected chi connectivity index (χ1v) is 16.9. The van der Waals surface area contributed by atoms with E-state index < -0.39 is 16.1 Å². The summed E-state index contributed by atoms with van der Waals surface area (Å²) in [7, 11) is 12.9. The van der Waals surface area contributed by atoms with Crippen LogP contribution in [0.3, 0.4) is 0 Å². The molecule has 0 fully saturated rings. The van der Waals surface area contributed by atoms with E-state index >= 15 is 0 Å². The van der Waals surface area contributed by atoms with Crippen molar-refractivity contribution in [2.45, 2.75) is 12.0 Å². The normalized spacial score (nSPS) is 15.4. The van der Waals surface area contributed by atoms with Crippen molar-refractivity contribution in [1.29, 1.82) is 0 Å². The van der Waals surface area contributed by atoms with Crippen molar-refractivity contribution in [1.82, 2.24) is 0 Å². The molecule has 5 aromatic carbocycles. The van der Waals surface area contributed by atoms with Gasteiger partial charge in [-0.15, -0.1) is 0 Å². The molecule has 0 amide bonds. The summed E-state index contributed by atoms with van der Waals surface area (Å²) < 4.78 is 6.44. The number of fused-ring (bicyclic) bond motifs is 2. The molecule has 0 bridgehead atoms. The monoisotopic (exact) mass is 541 g/mol. The standard InChI is InChI=1S/C32H23O.2ClH.Ti/c33-32(24-14-5-2-6-15-24)31-26-17-9-7-13-23(26)19-20-28(31)30-27-18-10-8-16-25(27)21-29(30)22-11-3-1-4-12-22;;;/h1-21,30,32H;2*1H;/q-1;;;+3/p-2. The number of hydrogen-bond acceptors (Lipinski definition) is 1. The molecule has 175 valence electrons. The summed E-state index contributed by atoms with van der Waals surface area (Å²) in [5, 5.41) is 2.33. The van der Waals surface area contributed by atoms with Crippen LogP contribution in [0.25, 0.3) is 22.4 Å². The van der Waals surface area contributed by atoms with Gasteiger partial charge in [0.1, 0.15) is 0 Å². The van der Waals surface area contributed by atoms with Crippen molar-refractivity contribution >= 4 is 41.0 Å². The average Bonchev–Trinajstić information content (AvgIpc) is 3.32. The molecule has 2 atom stereocenters. The van der Waals surface area contributed by atoms with Gasteiger partial charge in [0.15, 0.2) is 0 Å². The van der Waals surface area contributed by atoms with Gasteiger partial charge in [0, 0.05) is 0 Å². The Morgan fingerprint density at radius 1 is 0.639 bits per heavy atom. The zero-order chi connectivity index (χ0) is 24.5. The molecule has 1 aliphatic rings. The molecule has 0 heterocycles. The van der Waals surface area contributed by atoms with E-state index in [0.29, 0.717) is 0 Å². The van der Waals surface area contributed by atoms with Gasteiger partial charge in [0.05, 0.1) is 0 Å².